The molecule has 0 saturated carbocycles. The predicted molar refractivity (Wildman–Crippen MR) is 82.3 cm³/mol. The molecule has 4 nitrogen and oxygen atoms in total. The Kier molecular flexibility index (Phi) is 4.67. The summed E-state index contributed by atoms with van der Waals surface area (Å²) in [4.78, 5) is 15.1. The molecule has 1 atom stereocenters. The molecule has 0 radical (unpaired) electrons. The zero-order valence-electron chi connectivity index (χ0n) is 12.0. The van der Waals surface area contributed by atoms with Crippen LogP contribution in [-0.2, 0) is 4.79 Å². The van der Waals surface area contributed by atoms with Gasteiger partial charge in [0.2, 0.25) is 0 Å². The molecule has 0 bridgehead atoms. The first-order valence-electron chi connectivity index (χ1n) is 6.57. The van der Waals surface area contributed by atoms with E-state index in [9.17, 15) is 9.18 Å². The van der Waals surface area contributed by atoms with Crippen LogP contribution in [0.2, 0.25) is 0 Å². The fraction of sp³-hybridized carbons (Fsp3) is 0.333. The summed E-state index contributed by atoms with van der Waals surface area (Å²) in [6.45, 7) is 7.44. The molecule has 1 heterocycles. The van der Waals surface area contributed by atoms with Gasteiger partial charge >= 0.3 is 5.97 Å². The van der Waals surface area contributed by atoms with Gasteiger partial charge < -0.3 is 9.67 Å². The number of imidazole rings is 1. The molecule has 0 aliphatic carbocycles. The van der Waals surface area contributed by atoms with E-state index in [1.165, 1.54) is 6.07 Å². The first-order chi connectivity index (χ1) is 9.93. The average Bonchev–Trinajstić information content (AvgIpc) is 2.75. The molecule has 1 unspecified atom stereocenters. The first kappa shape index (κ1) is 15.6. The van der Waals surface area contributed by atoms with Crippen molar-refractivity contribution in [2.45, 2.75) is 31.5 Å². The fourth-order valence-corrected chi connectivity index (χ4v) is 3.03. The molecular weight excluding hydrogens is 291 g/mol. The normalized spacial score (nSPS) is 12.5. The molecule has 1 aromatic carbocycles. The van der Waals surface area contributed by atoms with Crippen LogP contribution in [0, 0.1) is 12.7 Å². The van der Waals surface area contributed by atoms with Gasteiger partial charge in [0.05, 0.1) is 16.8 Å². The lowest BCUT2D eigenvalue weighted by Crippen LogP contribution is -2.07. The number of allylic oxidation sites excluding steroid dienone is 1. The van der Waals surface area contributed by atoms with Gasteiger partial charge in [0.1, 0.15) is 5.82 Å². The second kappa shape index (κ2) is 6.30. The number of benzene rings is 1. The number of rotatable bonds is 6. The Hall–Kier alpha value is -1.82. The smallest absolute Gasteiger partial charge is 0.313 e. The number of halogens is 1. The number of thioether (sulfide) groups is 1. The van der Waals surface area contributed by atoms with E-state index in [-0.39, 0.29) is 17.6 Å². The molecule has 112 valence electrons. The lowest BCUT2D eigenvalue weighted by Gasteiger charge is -2.15. The van der Waals surface area contributed by atoms with E-state index in [0.29, 0.717) is 16.2 Å². The lowest BCUT2D eigenvalue weighted by atomic mass is 10.2. The molecule has 21 heavy (non-hydrogen) atoms. The molecular formula is C15H17FN2O2S. The number of fused-ring (bicyclic) bond motifs is 1. The van der Waals surface area contributed by atoms with Crippen LogP contribution in [0.3, 0.4) is 0 Å². The number of carboxylic acids is 1. The molecule has 2 rings (SSSR count). The second-order valence-electron chi connectivity index (χ2n) is 4.91. The van der Waals surface area contributed by atoms with Gasteiger partial charge in [-0.3, -0.25) is 4.79 Å². The molecule has 2 aromatic rings. The molecule has 0 aliphatic heterocycles. The van der Waals surface area contributed by atoms with Crippen LogP contribution >= 0.6 is 11.8 Å². The Balaban J connectivity index is 2.56. The molecule has 0 spiro atoms. The summed E-state index contributed by atoms with van der Waals surface area (Å²) < 4.78 is 15.6. The highest BCUT2D eigenvalue weighted by atomic mass is 32.2. The zero-order chi connectivity index (χ0) is 15.6. The van der Waals surface area contributed by atoms with Crippen molar-refractivity contribution in [1.82, 2.24) is 9.55 Å². The summed E-state index contributed by atoms with van der Waals surface area (Å²) in [7, 11) is 0. The van der Waals surface area contributed by atoms with Crippen LogP contribution in [0.25, 0.3) is 11.0 Å². The molecule has 1 N–H and O–H groups in total. The predicted octanol–water partition coefficient (Wildman–Crippen LogP) is 3.80. The summed E-state index contributed by atoms with van der Waals surface area (Å²) in [6, 6.07) is 3.22. The van der Waals surface area contributed by atoms with E-state index >= 15 is 0 Å². The average molecular weight is 308 g/mol. The van der Waals surface area contributed by atoms with Crippen molar-refractivity contribution in [2.75, 3.05) is 5.75 Å². The highest BCUT2D eigenvalue weighted by Gasteiger charge is 2.18. The summed E-state index contributed by atoms with van der Waals surface area (Å²) in [6.07, 6.45) is 2.53. The molecule has 0 fully saturated rings. The highest BCUT2D eigenvalue weighted by Crippen LogP contribution is 2.30. The maximum absolute atomic E-state index is 13.7. The number of carbonyl (C=O) groups is 1. The number of carboxylic acid groups (broad SMARTS) is 1. The van der Waals surface area contributed by atoms with Crippen LogP contribution < -0.4 is 0 Å². The van der Waals surface area contributed by atoms with Crippen LogP contribution in [0.5, 0.6) is 0 Å². The first-order valence-corrected chi connectivity index (χ1v) is 7.56. The summed E-state index contributed by atoms with van der Waals surface area (Å²) in [5.74, 6) is -1.29. The third kappa shape index (κ3) is 3.26. The number of nitrogens with zero attached hydrogens (tertiary/aromatic N) is 2. The minimum absolute atomic E-state index is 0.0775. The monoisotopic (exact) mass is 308 g/mol. The summed E-state index contributed by atoms with van der Waals surface area (Å²) in [5.41, 5.74) is 1.90. The van der Waals surface area contributed by atoms with Crippen LogP contribution in [0.1, 0.15) is 24.9 Å². The van der Waals surface area contributed by atoms with Gasteiger partial charge in [-0.25, -0.2) is 9.37 Å². The van der Waals surface area contributed by atoms with Crippen molar-refractivity contribution in [3.63, 3.8) is 0 Å². The topological polar surface area (TPSA) is 55.1 Å². The Bertz CT molecular complexity index is 697. The van der Waals surface area contributed by atoms with Crippen LogP contribution in [-0.4, -0.2) is 26.4 Å². The van der Waals surface area contributed by atoms with Crippen molar-refractivity contribution in [1.29, 1.82) is 0 Å². The maximum Gasteiger partial charge on any atom is 0.313 e. The van der Waals surface area contributed by atoms with Gasteiger partial charge in [-0.1, -0.05) is 17.8 Å². The number of hydrogen-bond donors (Lipinski definition) is 1. The summed E-state index contributed by atoms with van der Waals surface area (Å²) in [5, 5.41) is 9.43. The molecule has 6 heteroatoms. The molecule has 0 saturated heterocycles. The van der Waals surface area contributed by atoms with E-state index in [2.05, 4.69) is 11.6 Å². The van der Waals surface area contributed by atoms with Gasteiger partial charge in [-0.15, -0.1) is 6.58 Å². The Morgan fingerprint density at radius 2 is 2.33 bits per heavy atom. The largest absolute Gasteiger partial charge is 0.481 e. The van der Waals surface area contributed by atoms with Crippen molar-refractivity contribution >= 4 is 28.8 Å². The highest BCUT2D eigenvalue weighted by molar-refractivity contribution is 7.99. The number of aryl methyl sites for hydroxylation is 1. The van der Waals surface area contributed by atoms with Gasteiger partial charge in [0.25, 0.3) is 0 Å². The fourth-order valence-electron chi connectivity index (χ4n) is 2.20. The van der Waals surface area contributed by atoms with Crippen molar-refractivity contribution in [3.8, 4) is 0 Å². The molecule has 1 aromatic heterocycles. The molecule has 0 amide bonds. The number of hydrogen-bond acceptors (Lipinski definition) is 3. The van der Waals surface area contributed by atoms with Gasteiger partial charge in [0, 0.05) is 12.1 Å². The minimum Gasteiger partial charge on any atom is -0.481 e. The minimum atomic E-state index is -0.905. The van der Waals surface area contributed by atoms with E-state index in [0.717, 1.165) is 23.7 Å². The lowest BCUT2D eigenvalue weighted by molar-refractivity contribution is -0.133. The van der Waals surface area contributed by atoms with Crippen LogP contribution in [0.15, 0.2) is 29.9 Å². The third-order valence-corrected chi connectivity index (χ3v) is 4.15. The zero-order valence-corrected chi connectivity index (χ0v) is 12.8. The van der Waals surface area contributed by atoms with Gasteiger partial charge in [0.15, 0.2) is 5.16 Å². The molecule has 0 aliphatic rings. The summed E-state index contributed by atoms with van der Waals surface area (Å²) >= 11 is 1.14. The SMILES string of the molecule is C=CCC(C)n1c(SCC(=O)O)nc2cc(F)c(C)cc21. The van der Waals surface area contributed by atoms with Crippen LogP contribution in [0.4, 0.5) is 4.39 Å². The van der Waals surface area contributed by atoms with Crippen molar-refractivity contribution in [2.24, 2.45) is 0 Å². The maximum atomic E-state index is 13.7. The number of aliphatic carboxylic acids is 1. The third-order valence-electron chi connectivity index (χ3n) is 3.21. The van der Waals surface area contributed by atoms with E-state index in [1.807, 2.05) is 11.5 Å². The number of aromatic nitrogens is 2. The second-order valence-corrected chi connectivity index (χ2v) is 5.85. The van der Waals surface area contributed by atoms with Gasteiger partial charge in [-0.05, 0) is 31.9 Å². The quantitative estimate of drug-likeness (QED) is 0.651. The van der Waals surface area contributed by atoms with Crippen molar-refractivity contribution < 1.29 is 14.3 Å². The Labute approximate surface area is 126 Å². The van der Waals surface area contributed by atoms with Crippen molar-refractivity contribution in [3.05, 3.63) is 36.2 Å². The Morgan fingerprint density at radius 1 is 1.62 bits per heavy atom. The van der Waals surface area contributed by atoms with Gasteiger partial charge in [-0.2, -0.15) is 0 Å². The van der Waals surface area contributed by atoms with E-state index in [4.69, 9.17) is 5.11 Å². The van der Waals surface area contributed by atoms with E-state index < -0.39 is 5.97 Å². The standard InChI is InChI=1S/C15H17FN2O2S/c1-4-5-10(3)18-13-6-9(2)11(16)7-12(13)17-15(18)21-8-14(19)20/h4,6-7,10H,1,5,8H2,2-3H3,(H,19,20). The van der Waals surface area contributed by atoms with E-state index in [1.54, 1.807) is 19.1 Å². The Morgan fingerprint density at radius 3 is 2.95 bits per heavy atom.